The Bertz CT molecular complexity index is 575. The fraction of sp³-hybridized carbons (Fsp3) is 0.0625. The molecule has 3 aromatic heterocycles. The highest BCUT2D eigenvalue weighted by Gasteiger charge is 2.34. The molecular weight excluding hydrogens is 262 g/mol. The third-order valence-corrected chi connectivity index (χ3v) is 8.07. The van der Waals surface area contributed by atoms with Crippen LogP contribution in [0.5, 0.6) is 0 Å². The summed E-state index contributed by atoms with van der Waals surface area (Å²) in [5.41, 5.74) is 0. The van der Waals surface area contributed by atoms with Crippen LogP contribution in [0.25, 0.3) is 0 Å². The zero-order valence-corrected chi connectivity index (χ0v) is 12.3. The van der Waals surface area contributed by atoms with Crippen molar-refractivity contribution >= 4 is 23.6 Å². The van der Waals surface area contributed by atoms with Gasteiger partial charge in [0.2, 0.25) is 0 Å². The van der Waals surface area contributed by atoms with Crippen LogP contribution in [0.2, 0.25) is 6.55 Å². The summed E-state index contributed by atoms with van der Waals surface area (Å²) < 4.78 is 0. The summed E-state index contributed by atoms with van der Waals surface area (Å²) in [4.78, 5) is 12.9. The Morgan fingerprint density at radius 1 is 0.650 bits per heavy atom. The van der Waals surface area contributed by atoms with Gasteiger partial charge >= 0.3 is 0 Å². The van der Waals surface area contributed by atoms with E-state index in [-0.39, 0.29) is 0 Å². The van der Waals surface area contributed by atoms with Gasteiger partial charge in [-0.2, -0.15) is 0 Å². The Morgan fingerprint density at radius 3 is 1.25 bits per heavy atom. The fourth-order valence-electron chi connectivity index (χ4n) is 2.48. The molecule has 3 nitrogen and oxygen atoms in total. The minimum atomic E-state index is -2.07. The number of aromatic nitrogens is 3. The quantitative estimate of drug-likeness (QED) is 0.670. The largest absolute Gasteiger partial charge is 0.265 e. The van der Waals surface area contributed by atoms with Crippen molar-refractivity contribution in [3.63, 3.8) is 0 Å². The number of hydrogen-bond acceptors (Lipinski definition) is 3. The van der Waals surface area contributed by atoms with Gasteiger partial charge in [-0.25, -0.2) is 0 Å². The standard InChI is InChI=1S/C16H15N3Si/c1-20(14-5-2-8-17-11-14,15-6-3-9-18-12-15)16-7-4-10-19-13-16/h2-13H,1H3. The summed E-state index contributed by atoms with van der Waals surface area (Å²) in [6, 6.07) is 12.4. The monoisotopic (exact) mass is 277 g/mol. The Morgan fingerprint density at radius 2 is 1.00 bits per heavy atom. The van der Waals surface area contributed by atoms with Crippen LogP contribution in [0.3, 0.4) is 0 Å². The number of nitrogens with zero attached hydrogens (tertiary/aromatic N) is 3. The molecule has 0 aliphatic rings. The lowest BCUT2D eigenvalue weighted by molar-refractivity contribution is 1.32. The maximum atomic E-state index is 4.30. The zero-order chi connectivity index (χ0) is 13.8. The summed E-state index contributed by atoms with van der Waals surface area (Å²) in [5, 5.41) is 3.79. The normalized spacial score (nSPS) is 11.2. The van der Waals surface area contributed by atoms with Crippen molar-refractivity contribution in [2.75, 3.05) is 0 Å². The summed E-state index contributed by atoms with van der Waals surface area (Å²) in [5.74, 6) is 0. The Kier molecular flexibility index (Phi) is 3.39. The lowest BCUT2D eigenvalue weighted by atomic mass is 10.5. The van der Waals surface area contributed by atoms with E-state index in [9.17, 15) is 0 Å². The maximum Gasteiger partial charge on any atom is 0.151 e. The minimum absolute atomic E-state index is 1.26. The average molecular weight is 277 g/mol. The molecule has 3 rings (SSSR count). The van der Waals surface area contributed by atoms with Gasteiger partial charge in [0.25, 0.3) is 0 Å². The average Bonchev–Trinajstić information content (AvgIpc) is 2.56. The van der Waals surface area contributed by atoms with E-state index in [1.165, 1.54) is 15.6 Å². The Labute approximate surface area is 119 Å². The molecule has 4 heteroatoms. The highest BCUT2D eigenvalue weighted by Crippen LogP contribution is 2.04. The zero-order valence-electron chi connectivity index (χ0n) is 11.3. The Hall–Kier alpha value is -2.33. The predicted molar refractivity (Wildman–Crippen MR) is 83.2 cm³/mol. The van der Waals surface area contributed by atoms with Crippen LogP contribution in [0.4, 0.5) is 0 Å². The van der Waals surface area contributed by atoms with Gasteiger partial charge in [0.15, 0.2) is 8.07 Å². The first-order valence-corrected chi connectivity index (χ1v) is 9.03. The van der Waals surface area contributed by atoms with Crippen LogP contribution in [0.1, 0.15) is 0 Å². The number of pyridine rings is 3. The molecule has 0 saturated heterocycles. The van der Waals surface area contributed by atoms with Crippen molar-refractivity contribution in [3.8, 4) is 0 Å². The molecule has 3 heterocycles. The molecule has 0 unspecified atom stereocenters. The van der Waals surface area contributed by atoms with E-state index in [0.29, 0.717) is 0 Å². The van der Waals surface area contributed by atoms with Crippen molar-refractivity contribution < 1.29 is 0 Å². The Balaban J connectivity index is 2.24. The first-order valence-electron chi connectivity index (χ1n) is 6.53. The molecule has 0 aliphatic carbocycles. The lowest BCUT2D eigenvalue weighted by Gasteiger charge is -2.28. The van der Waals surface area contributed by atoms with Crippen molar-refractivity contribution in [3.05, 3.63) is 73.6 Å². The first kappa shape index (κ1) is 12.7. The van der Waals surface area contributed by atoms with Crippen LogP contribution in [-0.4, -0.2) is 23.0 Å². The molecular formula is C16H15N3Si. The molecule has 0 amide bonds. The van der Waals surface area contributed by atoms with Gasteiger partial charge in [0.1, 0.15) is 0 Å². The van der Waals surface area contributed by atoms with Gasteiger partial charge in [0, 0.05) is 37.2 Å². The third-order valence-electron chi connectivity index (χ3n) is 3.72. The molecule has 98 valence electrons. The minimum Gasteiger partial charge on any atom is -0.265 e. The van der Waals surface area contributed by atoms with Crippen LogP contribution in [-0.2, 0) is 0 Å². The van der Waals surface area contributed by atoms with Crippen molar-refractivity contribution in [1.82, 2.24) is 15.0 Å². The van der Waals surface area contributed by atoms with E-state index >= 15 is 0 Å². The van der Waals surface area contributed by atoms with Gasteiger partial charge in [-0.3, -0.25) is 15.0 Å². The lowest BCUT2D eigenvalue weighted by Crippen LogP contribution is -2.65. The van der Waals surface area contributed by atoms with Gasteiger partial charge in [-0.05, 0) is 33.8 Å². The maximum absolute atomic E-state index is 4.30. The van der Waals surface area contributed by atoms with E-state index in [1.54, 1.807) is 0 Å². The summed E-state index contributed by atoms with van der Waals surface area (Å²) in [7, 11) is -2.07. The second-order valence-corrected chi connectivity index (χ2v) is 8.83. The van der Waals surface area contributed by atoms with Gasteiger partial charge in [-0.15, -0.1) is 0 Å². The first-order chi connectivity index (χ1) is 9.82. The third kappa shape index (κ3) is 2.14. The molecule has 20 heavy (non-hydrogen) atoms. The van der Waals surface area contributed by atoms with Crippen LogP contribution in [0.15, 0.2) is 73.6 Å². The highest BCUT2D eigenvalue weighted by atomic mass is 28.3. The van der Waals surface area contributed by atoms with Gasteiger partial charge in [-0.1, -0.05) is 24.7 Å². The summed E-state index contributed by atoms with van der Waals surface area (Å²) in [6.45, 7) is 2.32. The van der Waals surface area contributed by atoms with Crippen molar-refractivity contribution in [2.24, 2.45) is 0 Å². The summed E-state index contributed by atoms with van der Waals surface area (Å²) in [6.07, 6.45) is 11.3. The van der Waals surface area contributed by atoms with Crippen molar-refractivity contribution in [1.29, 1.82) is 0 Å². The molecule has 0 fully saturated rings. The van der Waals surface area contributed by atoms with E-state index < -0.39 is 8.07 Å². The molecule has 0 saturated carbocycles. The van der Waals surface area contributed by atoms with Gasteiger partial charge in [0.05, 0.1) is 0 Å². The molecule has 0 aromatic carbocycles. The molecule has 0 atom stereocenters. The van der Waals surface area contributed by atoms with Crippen LogP contribution < -0.4 is 15.6 Å². The van der Waals surface area contributed by atoms with E-state index in [0.717, 1.165) is 0 Å². The smallest absolute Gasteiger partial charge is 0.151 e. The van der Waals surface area contributed by atoms with Crippen molar-refractivity contribution in [2.45, 2.75) is 6.55 Å². The number of rotatable bonds is 3. The number of hydrogen-bond donors (Lipinski definition) is 0. The topological polar surface area (TPSA) is 38.7 Å². The second-order valence-electron chi connectivity index (χ2n) is 4.85. The molecule has 0 spiro atoms. The van der Waals surface area contributed by atoms with E-state index in [2.05, 4.69) is 39.7 Å². The summed E-state index contributed by atoms with van der Waals surface area (Å²) >= 11 is 0. The second kappa shape index (κ2) is 5.34. The fourth-order valence-corrected chi connectivity index (χ4v) is 5.76. The van der Waals surface area contributed by atoms with E-state index in [1.807, 2.05) is 55.4 Å². The van der Waals surface area contributed by atoms with E-state index in [4.69, 9.17) is 0 Å². The molecule has 3 aromatic rings. The molecule has 0 N–H and O–H groups in total. The highest BCUT2D eigenvalue weighted by molar-refractivity contribution is 7.10. The molecule has 0 bridgehead atoms. The molecule has 0 aliphatic heterocycles. The van der Waals surface area contributed by atoms with Crippen LogP contribution in [0, 0.1) is 0 Å². The SMILES string of the molecule is C[Si](c1cccnc1)(c1cccnc1)c1cccnc1. The van der Waals surface area contributed by atoms with Gasteiger partial charge < -0.3 is 0 Å². The van der Waals surface area contributed by atoms with Crippen LogP contribution >= 0.6 is 0 Å². The predicted octanol–water partition coefficient (Wildman–Crippen LogP) is 0.972. The molecule has 0 radical (unpaired) electrons.